The summed E-state index contributed by atoms with van der Waals surface area (Å²) in [5.74, 6) is 0.731. The van der Waals surface area contributed by atoms with Gasteiger partial charge in [0.1, 0.15) is 6.10 Å². The van der Waals surface area contributed by atoms with E-state index in [-0.39, 0.29) is 11.5 Å². The third-order valence-corrected chi connectivity index (χ3v) is 6.09. The third-order valence-electron chi connectivity index (χ3n) is 6.09. The van der Waals surface area contributed by atoms with Crippen LogP contribution in [-0.4, -0.2) is 41.0 Å². The molecular formula is C22H31N5O2. The third kappa shape index (κ3) is 4.44. The monoisotopic (exact) mass is 397 g/mol. The van der Waals surface area contributed by atoms with E-state index in [2.05, 4.69) is 60.2 Å². The summed E-state index contributed by atoms with van der Waals surface area (Å²) < 4.78 is 5.49. The molecule has 1 aromatic heterocycles. The van der Waals surface area contributed by atoms with E-state index in [9.17, 15) is 4.79 Å². The number of ether oxygens (including phenoxy) is 1. The minimum absolute atomic E-state index is 0.159. The van der Waals surface area contributed by atoms with Crippen LogP contribution in [0, 0.1) is 5.41 Å². The Hall–Kier alpha value is -2.83. The highest BCUT2D eigenvalue weighted by Crippen LogP contribution is 2.47. The van der Waals surface area contributed by atoms with Crippen molar-refractivity contribution in [2.45, 2.75) is 52.2 Å². The molecule has 1 aliphatic rings. The van der Waals surface area contributed by atoms with Crippen LogP contribution in [-0.2, 0) is 11.2 Å². The first kappa shape index (κ1) is 20.9. The van der Waals surface area contributed by atoms with Gasteiger partial charge < -0.3 is 20.7 Å². The van der Waals surface area contributed by atoms with Crippen molar-refractivity contribution >= 4 is 17.6 Å². The molecule has 0 spiro atoms. The lowest BCUT2D eigenvalue weighted by Crippen LogP contribution is -2.58. The summed E-state index contributed by atoms with van der Waals surface area (Å²) in [6.45, 7) is 10.1. The predicted octanol–water partition coefficient (Wildman–Crippen LogP) is 3.61. The maximum absolute atomic E-state index is 11.5. The number of hydrogen-bond acceptors (Lipinski definition) is 6. The number of anilines is 2. The first-order valence-corrected chi connectivity index (χ1v) is 10.1. The van der Waals surface area contributed by atoms with Gasteiger partial charge in [0, 0.05) is 25.6 Å². The normalized spacial score (nSPS) is 21.8. The van der Waals surface area contributed by atoms with Crippen molar-refractivity contribution in [3.63, 3.8) is 0 Å². The summed E-state index contributed by atoms with van der Waals surface area (Å²) in [6.07, 6.45) is 2.37. The highest BCUT2D eigenvalue weighted by Gasteiger charge is 2.54. The molecule has 2 heterocycles. The molecule has 0 aliphatic carbocycles. The summed E-state index contributed by atoms with van der Waals surface area (Å²) in [5, 5.41) is 11.8. The van der Waals surface area contributed by atoms with Gasteiger partial charge >= 0.3 is 6.09 Å². The lowest BCUT2D eigenvalue weighted by molar-refractivity contribution is 0.0303. The molecule has 1 unspecified atom stereocenters. The van der Waals surface area contributed by atoms with Crippen LogP contribution in [0.25, 0.3) is 0 Å². The summed E-state index contributed by atoms with van der Waals surface area (Å²) in [6, 6.07) is 12.3. The molecule has 7 heteroatoms. The molecule has 3 N–H and O–H groups in total. The van der Waals surface area contributed by atoms with Crippen molar-refractivity contribution in [2.75, 3.05) is 23.3 Å². The van der Waals surface area contributed by atoms with Crippen molar-refractivity contribution in [2.24, 2.45) is 11.1 Å². The molecule has 7 nitrogen and oxygen atoms in total. The fourth-order valence-corrected chi connectivity index (χ4v) is 4.10. The number of amides is 1. The Morgan fingerprint density at radius 1 is 1.34 bits per heavy atom. The SMILES string of the molecule is CC(C)(C)C1(C)[C@H](OC(N)=O)CCN1c1cnnc(NCCc2ccccc2)c1. The minimum atomic E-state index is -0.733. The fourth-order valence-electron chi connectivity index (χ4n) is 4.10. The van der Waals surface area contributed by atoms with Gasteiger partial charge in [0.25, 0.3) is 0 Å². The van der Waals surface area contributed by atoms with Crippen LogP contribution in [0.1, 0.15) is 39.7 Å². The maximum atomic E-state index is 11.5. The average molecular weight is 398 g/mol. The smallest absolute Gasteiger partial charge is 0.404 e. The number of aromatic nitrogens is 2. The molecule has 1 fully saturated rings. The van der Waals surface area contributed by atoms with Crippen LogP contribution in [0.4, 0.5) is 16.3 Å². The highest BCUT2D eigenvalue weighted by atomic mass is 16.6. The van der Waals surface area contributed by atoms with Crippen LogP contribution in [0.3, 0.4) is 0 Å². The standard InChI is InChI=1S/C22H31N5O2/c1-21(2,3)22(4)18(29-20(23)28)11-13-27(22)17-14-19(26-25-15-17)24-12-10-16-8-6-5-7-9-16/h5-9,14-15,18H,10-13H2,1-4H3,(H2,23,28)(H,24,26)/t18-,22?/m1/s1. The molecule has 2 atom stereocenters. The summed E-state index contributed by atoms with van der Waals surface area (Å²) in [4.78, 5) is 13.7. The first-order valence-electron chi connectivity index (χ1n) is 10.1. The Bertz CT molecular complexity index is 837. The maximum Gasteiger partial charge on any atom is 0.404 e. The number of carbonyl (C=O) groups is 1. The Morgan fingerprint density at radius 2 is 2.07 bits per heavy atom. The Labute approximate surface area is 172 Å². The van der Waals surface area contributed by atoms with E-state index < -0.39 is 11.6 Å². The molecule has 0 bridgehead atoms. The second kappa shape index (κ2) is 8.27. The summed E-state index contributed by atoms with van der Waals surface area (Å²) in [5.41, 5.74) is 6.98. The van der Waals surface area contributed by atoms with E-state index in [4.69, 9.17) is 10.5 Å². The quantitative estimate of drug-likeness (QED) is 0.773. The topological polar surface area (TPSA) is 93.4 Å². The number of benzene rings is 1. The number of nitrogens with two attached hydrogens (primary N) is 1. The number of primary amides is 1. The molecule has 1 saturated heterocycles. The van der Waals surface area contributed by atoms with Gasteiger partial charge in [0.2, 0.25) is 0 Å². The van der Waals surface area contributed by atoms with Crippen LogP contribution in [0.15, 0.2) is 42.6 Å². The zero-order chi connectivity index (χ0) is 21.1. The molecule has 0 radical (unpaired) electrons. The molecule has 2 aromatic rings. The zero-order valence-corrected chi connectivity index (χ0v) is 17.7. The Kier molecular flexibility index (Phi) is 5.96. The van der Waals surface area contributed by atoms with Gasteiger partial charge in [-0.2, -0.15) is 5.10 Å². The molecule has 1 amide bonds. The minimum Gasteiger partial charge on any atom is -0.444 e. The van der Waals surface area contributed by atoms with Crippen molar-refractivity contribution in [3.05, 3.63) is 48.2 Å². The van der Waals surface area contributed by atoms with Gasteiger partial charge in [-0.25, -0.2) is 4.79 Å². The zero-order valence-electron chi connectivity index (χ0n) is 17.7. The number of rotatable bonds is 6. The second-order valence-corrected chi connectivity index (χ2v) is 8.72. The largest absolute Gasteiger partial charge is 0.444 e. The average Bonchev–Trinajstić information content (AvgIpc) is 3.00. The number of nitrogens with one attached hydrogen (secondary N) is 1. The Balaban J connectivity index is 1.77. The number of hydrogen-bond donors (Lipinski definition) is 2. The van der Waals surface area contributed by atoms with Gasteiger partial charge in [0.05, 0.1) is 17.4 Å². The second-order valence-electron chi connectivity index (χ2n) is 8.72. The van der Waals surface area contributed by atoms with Crippen molar-refractivity contribution < 1.29 is 9.53 Å². The van der Waals surface area contributed by atoms with E-state index in [1.807, 2.05) is 24.3 Å². The van der Waals surface area contributed by atoms with E-state index >= 15 is 0 Å². The van der Waals surface area contributed by atoms with Crippen molar-refractivity contribution in [1.82, 2.24) is 10.2 Å². The lowest BCUT2D eigenvalue weighted by atomic mass is 9.71. The van der Waals surface area contributed by atoms with Crippen LogP contribution < -0.4 is 16.0 Å². The van der Waals surface area contributed by atoms with Crippen LogP contribution >= 0.6 is 0 Å². The van der Waals surface area contributed by atoms with Crippen molar-refractivity contribution in [3.8, 4) is 0 Å². The Morgan fingerprint density at radius 3 is 2.72 bits per heavy atom. The van der Waals surface area contributed by atoms with E-state index in [0.717, 1.165) is 37.4 Å². The number of nitrogens with zero attached hydrogens (tertiary/aromatic N) is 3. The van der Waals surface area contributed by atoms with Gasteiger partial charge in [-0.15, -0.1) is 5.10 Å². The summed E-state index contributed by atoms with van der Waals surface area (Å²) in [7, 11) is 0. The van der Waals surface area contributed by atoms with Gasteiger partial charge in [0.15, 0.2) is 5.82 Å². The number of carbonyl (C=O) groups excluding carboxylic acids is 1. The van der Waals surface area contributed by atoms with Gasteiger partial charge in [-0.1, -0.05) is 51.1 Å². The highest BCUT2D eigenvalue weighted by molar-refractivity contribution is 5.65. The molecule has 1 aromatic carbocycles. The summed E-state index contributed by atoms with van der Waals surface area (Å²) >= 11 is 0. The molecule has 1 aliphatic heterocycles. The van der Waals surface area contributed by atoms with E-state index in [1.165, 1.54) is 5.56 Å². The molecule has 156 valence electrons. The van der Waals surface area contributed by atoms with Crippen LogP contribution in [0.2, 0.25) is 0 Å². The van der Waals surface area contributed by atoms with Gasteiger partial charge in [-0.05, 0) is 24.3 Å². The fraction of sp³-hybridized carbons (Fsp3) is 0.500. The molecule has 29 heavy (non-hydrogen) atoms. The van der Waals surface area contributed by atoms with Crippen molar-refractivity contribution in [1.29, 1.82) is 0 Å². The van der Waals surface area contributed by atoms with E-state index in [1.54, 1.807) is 6.20 Å². The van der Waals surface area contributed by atoms with Gasteiger partial charge in [-0.3, -0.25) is 0 Å². The van der Waals surface area contributed by atoms with Crippen LogP contribution in [0.5, 0.6) is 0 Å². The molecule has 3 rings (SSSR count). The first-order chi connectivity index (χ1) is 13.7. The molecular weight excluding hydrogens is 366 g/mol. The van der Waals surface area contributed by atoms with E-state index in [0.29, 0.717) is 0 Å². The molecule has 0 saturated carbocycles. The lowest BCUT2D eigenvalue weighted by Gasteiger charge is -2.49. The predicted molar refractivity (Wildman–Crippen MR) is 115 cm³/mol.